The molecule has 10 heteroatoms. The van der Waals surface area contributed by atoms with Crippen molar-refractivity contribution in [3.8, 4) is 11.5 Å². The second-order valence-electron chi connectivity index (χ2n) is 9.77. The second-order valence-corrected chi connectivity index (χ2v) is 9.77. The minimum absolute atomic E-state index is 0.0660. The van der Waals surface area contributed by atoms with Crippen molar-refractivity contribution in [1.29, 1.82) is 0 Å². The number of piperazine rings is 1. The van der Waals surface area contributed by atoms with E-state index in [-0.39, 0.29) is 11.7 Å². The zero-order chi connectivity index (χ0) is 28.2. The van der Waals surface area contributed by atoms with Crippen molar-refractivity contribution in [2.75, 3.05) is 63.0 Å². The number of methoxy groups -OCH3 is 2. The van der Waals surface area contributed by atoms with Gasteiger partial charge in [0.25, 0.3) is 0 Å². The molecule has 1 fully saturated rings. The van der Waals surface area contributed by atoms with Crippen LogP contribution in [0.5, 0.6) is 11.5 Å². The van der Waals surface area contributed by atoms with Crippen LogP contribution < -0.4 is 25.0 Å². The van der Waals surface area contributed by atoms with Crippen molar-refractivity contribution >= 4 is 45.6 Å². The van der Waals surface area contributed by atoms with Gasteiger partial charge in [0.2, 0.25) is 5.91 Å². The van der Waals surface area contributed by atoms with Crippen LogP contribution in [0.15, 0.2) is 54.7 Å². The molecule has 1 amide bonds. The van der Waals surface area contributed by atoms with Crippen LogP contribution in [-0.2, 0) is 4.79 Å². The lowest BCUT2D eigenvalue weighted by Gasteiger charge is -2.34. The normalized spacial score (nSPS) is 13.8. The van der Waals surface area contributed by atoms with Crippen LogP contribution >= 0.6 is 0 Å². The number of aromatic amines is 1. The van der Waals surface area contributed by atoms with E-state index >= 15 is 0 Å². The molecule has 10 nitrogen and oxygen atoms in total. The Morgan fingerprint density at radius 1 is 0.950 bits per heavy atom. The van der Waals surface area contributed by atoms with E-state index < -0.39 is 0 Å². The number of fused-ring (bicyclic) bond motifs is 1. The first-order chi connectivity index (χ1) is 19.4. The minimum atomic E-state index is -0.171. The smallest absolute Gasteiger partial charge is 0.224 e. The maximum atomic E-state index is 13.4. The van der Waals surface area contributed by atoms with E-state index in [0.717, 1.165) is 37.6 Å². The largest absolute Gasteiger partial charge is 0.497 e. The van der Waals surface area contributed by atoms with E-state index in [2.05, 4.69) is 38.5 Å². The Hall–Kier alpha value is -4.57. The first kappa shape index (κ1) is 27.0. The summed E-state index contributed by atoms with van der Waals surface area (Å²) in [5, 5.41) is 7.06. The Morgan fingerprint density at radius 2 is 1.68 bits per heavy atom. The van der Waals surface area contributed by atoms with Crippen molar-refractivity contribution in [2.45, 2.75) is 13.3 Å². The molecule has 0 spiro atoms. The second kappa shape index (κ2) is 11.7. The van der Waals surface area contributed by atoms with Crippen LogP contribution in [0.1, 0.15) is 29.3 Å². The van der Waals surface area contributed by atoms with Crippen LogP contribution in [0.2, 0.25) is 0 Å². The summed E-state index contributed by atoms with van der Waals surface area (Å²) >= 11 is 0. The molecule has 4 aromatic rings. The molecule has 5 rings (SSSR count). The summed E-state index contributed by atoms with van der Waals surface area (Å²) in [5.74, 6) is 1.42. The number of hydrogen-bond donors (Lipinski definition) is 3. The molecule has 0 aliphatic carbocycles. The number of carbonyl (C=O) groups is 2. The number of ketones is 1. The van der Waals surface area contributed by atoms with Gasteiger partial charge in [-0.3, -0.25) is 9.59 Å². The van der Waals surface area contributed by atoms with Crippen molar-refractivity contribution in [3.63, 3.8) is 0 Å². The number of H-pyrrole nitrogens is 1. The molecule has 0 bridgehead atoms. The van der Waals surface area contributed by atoms with Gasteiger partial charge in [0.1, 0.15) is 23.0 Å². The highest BCUT2D eigenvalue weighted by Crippen LogP contribution is 2.32. The quantitative estimate of drug-likeness (QED) is 0.262. The fraction of sp³-hybridized carbons (Fsp3) is 0.300. The number of benzene rings is 2. The van der Waals surface area contributed by atoms with Crippen LogP contribution in [0.25, 0.3) is 11.0 Å². The number of amides is 1. The average Bonchev–Trinajstić information content (AvgIpc) is 3.41. The standard InChI is InChI=1S/C30H34N6O4/c1-5-28(37)33-26-16-20(36-12-10-35(2)11-13-36)6-8-25(26)32-27-9-7-23-24(18-31-30(23)34-27)29(38)19-14-21(39-3)17-22(15-19)40-4/h6-9,14-18H,5,10-13H2,1-4H3,(H,33,37)(H2,31,32,34). The molecule has 208 valence electrons. The zero-order valence-corrected chi connectivity index (χ0v) is 23.2. The number of hydrogen-bond acceptors (Lipinski definition) is 8. The zero-order valence-electron chi connectivity index (χ0n) is 23.2. The predicted octanol–water partition coefficient (Wildman–Crippen LogP) is 4.66. The first-order valence-electron chi connectivity index (χ1n) is 13.3. The van der Waals surface area contributed by atoms with Crippen LogP contribution in [0.4, 0.5) is 22.9 Å². The fourth-order valence-corrected chi connectivity index (χ4v) is 4.74. The monoisotopic (exact) mass is 542 g/mol. The number of carbonyl (C=O) groups excluding carboxylic acids is 2. The molecule has 40 heavy (non-hydrogen) atoms. The Kier molecular flexibility index (Phi) is 7.88. The van der Waals surface area contributed by atoms with E-state index in [1.54, 1.807) is 38.6 Å². The third kappa shape index (κ3) is 5.72. The highest BCUT2D eigenvalue weighted by atomic mass is 16.5. The van der Waals surface area contributed by atoms with E-state index in [1.807, 2.05) is 31.2 Å². The summed E-state index contributed by atoms with van der Waals surface area (Å²) in [6.45, 7) is 5.67. The van der Waals surface area contributed by atoms with Gasteiger partial charge in [-0.25, -0.2) is 4.98 Å². The van der Waals surface area contributed by atoms with Crippen molar-refractivity contribution in [1.82, 2.24) is 14.9 Å². The lowest BCUT2D eigenvalue weighted by molar-refractivity contribution is -0.115. The number of ether oxygens (including phenoxy) is 2. The SMILES string of the molecule is CCC(=O)Nc1cc(N2CCN(C)CC2)ccc1Nc1ccc2c(C(=O)c3cc(OC)cc(OC)c3)c[nH]c2n1. The third-order valence-corrected chi connectivity index (χ3v) is 7.13. The Morgan fingerprint density at radius 3 is 2.35 bits per heavy atom. The summed E-state index contributed by atoms with van der Waals surface area (Å²) in [5.41, 5.74) is 4.01. The van der Waals surface area contributed by atoms with Crippen LogP contribution in [0, 0.1) is 0 Å². The van der Waals surface area contributed by atoms with Crippen LogP contribution in [0.3, 0.4) is 0 Å². The van der Waals surface area contributed by atoms with Gasteiger partial charge >= 0.3 is 0 Å². The van der Waals surface area contributed by atoms with Gasteiger partial charge in [0.15, 0.2) is 5.78 Å². The molecule has 1 saturated heterocycles. The summed E-state index contributed by atoms with van der Waals surface area (Å²) in [6, 6.07) is 14.8. The molecule has 3 heterocycles. The molecule has 0 saturated carbocycles. The van der Waals surface area contributed by atoms with Gasteiger partial charge in [-0.05, 0) is 49.5 Å². The van der Waals surface area contributed by atoms with E-state index in [1.165, 1.54) is 0 Å². The molecule has 1 aliphatic heterocycles. The number of anilines is 4. The lowest BCUT2D eigenvalue weighted by atomic mass is 10.0. The van der Waals surface area contributed by atoms with Gasteiger partial charge in [-0.1, -0.05) is 6.92 Å². The highest BCUT2D eigenvalue weighted by Gasteiger charge is 2.19. The first-order valence-corrected chi connectivity index (χ1v) is 13.3. The molecule has 0 unspecified atom stereocenters. The fourth-order valence-electron chi connectivity index (χ4n) is 4.74. The van der Waals surface area contributed by atoms with E-state index in [4.69, 9.17) is 14.5 Å². The van der Waals surface area contributed by atoms with Gasteiger partial charge in [0.05, 0.1) is 25.6 Å². The number of pyridine rings is 1. The summed E-state index contributed by atoms with van der Waals surface area (Å²) in [4.78, 5) is 38.1. The van der Waals surface area contributed by atoms with Gasteiger partial charge in [0, 0.05) is 67.1 Å². The number of nitrogens with zero attached hydrogens (tertiary/aromatic N) is 3. The summed E-state index contributed by atoms with van der Waals surface area (Å²) in [7, 11) is 5.22. The molecule has 2 aromatic carbocycles. The van der Waals surface area contributed by atoms with Crippen molar-refractivity contribution in [3.05, 3.63) is 65.9 Å². The Bertz CT molecular complexity index is 1520. The van der Waals surface area contributed by atoms with Crippen molar-refractivity contribution < 1.29 is 19.1 Å². The number of likely N-dealkylation sites (N-methyl/N-ethyl adjacent to an activating group) is 1. The minimum Gasteiger partial charge on any atom is -0.497 e. The number of rotatable bonds is 9. The average molecular weight is 543 g/mol. The topological polar surface area (TPSA) is 112 Å². The van der Waals surface area contributed by atoms with Gasteiger partial charge < -0.3 is 34.9 Å². The molecular weight excluding hydrogens is 508 g/mol. The molecular formula is C30H34N6O4. The molecule has 0 atom stereocenters. The number of aromatic nitrogens is 2. The van der Waals surface area contributed by atoms with E-state index in [9.17, 15) is 9.59 Å². The maximum absolute atomic E-state index is 13.4. The predicted molar refractivity (Wildman–Crippen MR) is 157 cm³/mol. The summed E-state index contributed by atoms with van der Waals surface area (Å²) in [6.07, 6.45) is 2.04. The molecule has 1 aliphatic rings. The van der Waals surface area contributed by atoms with Crippen molar-refractivity contribution in [2.24, 2.45) is 0 Å². The molecule has 0 radical (unpaired) electrons. The number of nitrogens with one attached hydrogen (secondary N) is 3. The van der Waals surface area contributed by atoms with Gasteiger partial charge in [-0.15, -0.1) is 0 Å². The van der Waals surface area contributed by atoms with Gasteiger partial charge in [-0.2, -0.15) is 0 Å². The lowest BCUT2D eigenvalue weighted by Crippen LogP contribution is -2.44. The Balaban J connectivity index is 1.41. The molecule has 3 N–H and O–H groups in total. The molecule has 2 aromatic heterocycles. The summed E-state index contributed by atoms with van der Waals surface area (Å²) < 4.78 is 10.6. The van der Waals surface area contributed by atoms with E-state index in [0.29, 0.717) is 51.6 Å². The third-order valence-electron chi connectivity index (χ3n) is 7.13. The Labute approximate surface area is 233 Å². The maximum Gasteiger partial charge on any atom is 0.224 e. The van der Waals surface area contributed by atoms with Crippen LogP contribution in [-0.4, -0.2) is 74.0 Å². The highest BCUT2D eigenvalue weighted by molar-refractivity contribution is 6.16.